The number of carbonyl (C=O) groups excluding carboxylic acids is 2. The highest BCUT2D eigenvalue weighted by atomic mass is 32.2. The molecule has 0 radical (unpaired) electrons. The van der Waals surface area contributed by atoms with E-state index in [-0.39, 0.29) is 11.4 Å². The summed E-state index contributed by atoms with van der Waals surface area (Å²) in [6, 6.07) is 17.8. The van der Waals surface area contributed by atoms with Gasteiger partial charge < -0.3 is 0 Å². The number of amides is 2. The van der Waals surface area contributed by atoms with Crippen molar-refractivity contribution in [3.05, 3.63) is 95.8 Å². The first-order valence-electron chi connectivity index (χ1n) is 8.60. The molecule has 0 saturated carbocycles. The summed E-state index contributed by atoms with van der Waals surface area (Å²) in [5, 5.41) is 0. The van der Waals surface area contributed by atoms with E-state index in [1.807, 2.05) is 0 Å². The smallest absolute Gasteiger partial charge is 0.267 e. The molecule has 3 rings (SSSR count). The van der Waals surface area contributed by atoms with Crippen molar-refractivity contribution in [2.75, 3.05) is 0 Å². The van der Waals surface area contributed by atoms with Crippen molar-refractivity contribution >= 4 is 21.8 Å². The molecule has 148 valence electrons. The standard InChI is InChI=1S/C20H18N4O4S/c25-19(16-5-2-1-3-6-16)23-24-20(26)17-10-8-15(9-11-17)13-22-29(27,28)18-7-4-12-21-14-18/h1-12,14,22H,13H2,(H,23,25)(H,24,26). The average molecular weight is 410 g/mol. The number of hydrogen-bond donors (Lipinski definition) is 3. The Kier molecular flexibility index (Phi) is 6.32. The Balaban J connectivity index is 1.54. The van der Waals surface area contributed by atoms with Gasteiger partial charge in [0.05, 0.1) is 0 Å². The van der Waals surface area contributed by atoms with Gasteiger partial charge in [-0.25, -0.2) is 13.1 Å². The SMILES string of the molecule is O=C(NNC(=O)c1ccc(CNS(=O)(=O)c2cccnc2)cc1)c1ccccc1. The lowest BCUT2D eigenvalue weighted by molar-refractivity contribution is 0.0846. The lowest BCUT2D eigenvalue weighted by Crippen LogP contribution is -2.41. The van der Waals surface area contributed by atoms with Crippen molar-refractivity contribution in [1.29, 1.82) is 0 Å². The van der Waals surface area contributed by atoms with E-state index >= 15 is 0 Å². The van der Waals surface area contributed by atoms with Crippen molar-refractivity contribution in [3.8, 4) is 0 Å². The second kappa shape index (κ2) is 9.09. The number of nitrogens with one attached hydrogen (secondary N) is 3. The molecule has 3 aromatic rings. The van der Waals surface area contributed by atoms with Gasteiger partial charge in [0.25, 0.3) is 11.8 Å². The first-order chi connectivity index (χ1) is 14.0. The van der Waals surface area contributed by atoms with E-state index < -0.39 is 21.8 Å². The van der Waals surface area contributed by atoms with Gasteiger partial charge in [-0.3, -0.25) is 25.4 Å². The number of nitrogens with zero attached hydrogens (tertiary/aromatic N) is 1. The minimum Gasteiger partial charge on any atom is -0.267 e. The summed E-state index contributed by atoms with van der Waals surface area (Å²) in [4.78, 5) is 28.0. The second-order valence-electron chi connectivity index (χ2n) is 5.98. The van der Waals surface area contributed by atoms with Gasteiger partial charge in [0.15, 0.2) is 0 Å². The van der Waals surface area contributed by atoms with Gasteiger partial charge in [0.2, 0.25) is 10.0 Å². The molecular weight excluding hydrogens is 392 g/mol. The molecule has 3 N–H and O–H groups in total. The molecule has 0 saturated heterocycles. The Labute approximate surface area is 168 Å². The zero-order chi connectivity index (χ0) is 20.7. The molecule has 0 aliphatic carbocycles. The van der Waals surface area contributed by atoms with Crippen LogP contribution in [0.3, 0.4) is 0 Å². The number of rotatable bonds is 6. The summed E-state index contributed by atoms with van der Waals surface area (Å²) in [5.74, 6) is -0.919. The summed E-state index contributed by atoms with van der Waals surface area (Å²) in [6.07, 6.45) is 2.75. The largest absolute Gasteiger partial charge is 0.269 e. The fourth-order valence-electron chi connectivity index (χ4n) is 2.39. The molecule has 0 atom stereocenters. The summed E-state index contributed by atoms with van der Waals surface area (Å²) in [5.41, 5.74) is 6.08. The molecule has 0 aliphatic heterocycles. The third-order valence-corrected chi connectivity index (χ3v) is 5.34. The van der Waals surface area contributed by atoms with Crippen molar-refractivity contribution in [2.24, 2.45) is 0 Å². The molecule has 1 aromatic heterocycles. The maximum Gasteiger partial charge on any atom is 0.269 e. The summed E-state index contributed by atoms with van der Waals surface area (Å²) in [6.45, 7) is 0.0594. The van der Waals surface area contributed by atoms with Crippen LogP contribution < -0.4 is 15.6 Å². The summed E-state index contributed by atoms with van der Waals surface area (Å²) >= 11 is 0. The molecule has 0 unspecified atom stereocenters. The lowest BCUT2D eigenvalue weighted by Gasteiger charge is -2.09. The van der Waals surface area contributed by atoms with Gasteiger partial charge >= 0.3 is 0 Å². The highest BCUT2D eigenvalue weighted by Crippen LogP contribution is 2.09. The van der Waals surface area contributed by atoms with E-state index in [1.54, 1.807) is 48.5 Å². The normalized spacial score (nSPS) is 10.9. The highest BCUT2D eigenvalue weighted by molar-refractivity contribution is 7.89. The van der Waals surface area contributed by atoms with E-state index in [9.17, 15) is 18.0 Å². The van der Waals surface area contributed by atoms with Crippen LogP contribution in [0, 0.1) is 0 Å². The average Bonchev–Trinajstić information content (AvgIpc) is 2.77. The second-order valence-corrected chi connectivity index (χ2v) is 7.75. The maximum atomic E-state index is 12.2. The molecule has 0 bridgehead atoms. The van der Waals surface area contributed by atoms with Crippen LogP contribution in [0.25, 0.3) is 0 Å². The quantitative estimate of drug-likeness (QED) is 0.534. The van der Waals surface area contributed by atoms with Crippen molar-refractivity contribution in [2.45, 2.75) is 11.4 Å². The number of aromatic nitrogens is 1. The summed E-state index contributed by atoms with van der Waals surface area (Å²) in [7, 11) is -3.67. The molecule has 0 fully saturated rings. The number of hydrazine groups is 1. The monoisotopic (exact) mass is 410 g/mol. The number of carbonyl (C=O) groups is 2. The first-order valence-corrected chi connectivity index (χ1v) is 10.1. The topological polar surface area (TPSA) is 117 Å². The number of hydrogen-bond acceptors (Lipinski definition) is 5. The van der Waals surface area contributed by atoms with Gasteiger partial charge in [-0.1, -0.05) is 30.3 Å². The summed E-state index contributed by atoms with van der Waals surface area (Å²) < 4.78 is 26.9. The molecule has 1 heterocycles. The van der Waals surface area contributed by atoms with Crippen LogP contribution in [0.5, 0.6) is 0 Å². The first kappa shape index (κ1) is 20.2. The van der Waals surface area contributed by atoms with Crippen LogP contribution in [0.4, 0.5) is 0 Å². The van der Waals surface area contributed by atoms with Crippen LogP contribution in [0.2, 0.25) is 0 Å². The van der Waals surface area contributed by atoms with Crippen molar-refractivity contribution in [3.63, 3.8) is 0 Å². The van der Waals surface area contributed by atoms with E-state index in [0.29, 0.717) is 16.7 Å². The molecule has 0 spiro atoms. The molecule has 8 nitrogen and oxygen atoms in total. The lowest BCUT2D eigenvalue weighted by atomic mass is 10.1. The van der Waals surface area contributed by atoms with Gasteiger partial charge in [-0.05, 0) is 42.0 Å². The Hall–Kier alpha value is -3.56. The number of sulfonamides is 1. The van der Waals surface area contributed by atoms with E-state index in [0.717, 1.165) is 0 Å². The van der Waals surface area contributed by atoms with Crippen LogP contribution in [-0.4, -0.2) is 25.2 Å². The third-order valence-electron chi connectivity index (χ3n) is 3.95. The fourth-order valence-corrected chi connectivity index (χ4v) is 3.37. The van der Waals surface area contributed by atoms with Gasteiger partial charge in [0.1, 0.15) is 4.90 Å². The Morgan fingerprint density at radius 3 is 2.00 bits per heavy atom. The zero-order valence-corrected chi connectivity index (χ0v) is 16.0. The van der Waals surface area contributed by atoms with Crippen LogP contribution >= 0.6 is 0 Å². The number of pyridine rings is 1. The predicted molar refractivity (Wildman–Crippen MR) is 106 cm³/mol. The minimum absolute atomic E-state index is 0.0594. The van der Waals surface area contributed by atoms with Crippen LogP contribution in [-0.2, 0) is 16.6 Å². The predicted octanol–water partition coefficient (Wildman–Crippen LogP) is 1.63. The molecular formula is C20H18N4O4S. The molecule has 0 aliphatic rings. The Bertz CT molecular complexity index is 1090. The van der Waals surface area contributed by atoms with Crippen molar-refractivity contribution in [1.82, 2.24) is 20.6 Å². The van der Waals surface area contributed by atoms with Crippen LogP contribution in [0.1, 0.15) is 26.3 Å². The van der Waals surface area contributed by atoms with E-state index in [4.69, 9.17) is 0 Å². The van der Waals surface area contributed by atoms with E-state index in [1.165, 1.54) is 30.6 Å². The van der Waals surface area contributed by atoms with Gasteiger partial charge in [-0.15, -0.1) is 0 Å². The van der Waals surface area contributed by atoms with E-state index in [2.05, 4.69) is 20.6 Å². The highest BCUT2D eigenvalue weighted by Gasteiger charge is 2.14. The Morgan fingerprint density at radius 1 is 0.793 bits per heavy atom. The maximum absolute atomic E-state index is 12.2. The molecule has 2 aromatic carbocycles. The zero-order valence-electron chi connectivity index (χ0n) is 15.2. The molecule has 9 heteroatoms. The number of benzene rings is 2. The third kappa shape index (κ3) is 5.47. The van der Waals surface area contributed by atoms with Gasteiger partial charge in [0, 0.05) is 30.1 Å². The van der Waals surface area contributed by atoms with Crippen molar-refractivity contribution < 1.29 is 18.0 Å². The molecule has 29 heavy (non-hydrogen) atoms. The minimum atomic E-state index is -3.67. The molecule has 2 amide bonds. The Morgan fingerprint density at radius 2 is 1.41 bits per heavy atom. The fraction of sp³-hybridized carbons (Fsp3) is 0.0500. The van der Waals surface area contributed by atoms with Gasteiger partial charge in [-0.2, -0.15) is 0 Å². The van der Waals surface area contributed by atoms with Crippen LogP contribution in [0.15, 0.2) is 84.0 Å².